The summed E-state index contributed by atoms with van der Waals surface area (Å²) in [7, 11) is 0. The molecule has 0 unspecified atom stereocenters. The van der Waals surface area contributed by atoms with Crippen molar-refractivity contribution in [2.45, 2.75) is 38.2 Å². The van der Waals surface area contributed by atoms with Gasteiger partial charge in [0.15, 0.2) is 11.0 Å². The Labute approximate surface area is 185 Å². The van der Waals surface area contributed by atoms with E-state index in [-0.39, 0.29) is 5.56 Å². The van der Waals surface area contributed by atoms with E-state index in [0.717, 1.165) is 41.9 Å². The van der Waals surface area contributed by atoms with Gasteiger partial charge in [-0.2, -0.15) is 0 Å². The van der Waals surface area contributed by atoms with Crippen molar-refractivity contribution in [1.29, 1.82) is 0 Å². The Morgan fingerprint density at radius 1 is 1.00 bits per heavy atom. The third-order valence-electron chi connectivity index (χ3n) is 5.26. The van der Waals surface area contributed by atoms with Gasteiger partial charge in [0.1, 0.15) is 5.65 Å². The van der Waals surface area contributed by atoms with Crippen LogP contribution in [0.5, 0.6) is 0 Å². The quantitative estimate of drug-likeness (QED) is 0.389. The van der Waals surface area contributed by atoms with Gasteiger partial charge in [0.05, 0.1) is 5.69 Å². The second-order valence-electron chi connectivity index (χ2n) is 7.07. The predicted octanol–water partition coefficient (Wildman–Crippen LogP) is 4.11. The molecule has 0 saturated heterocycles. The highest BCUT2D eigenvalue weighted by Crippen LogP contribution is 2.27. The normalized spacial score (nSPS) is 11.2. The first-order valence-electron chi connectivity index (χ1n) is 10.5. The number of thioether (sulfide) groups is 1. The first-order valence-corrected chi connectivity index (χ1v) is 11.5. The molecule has 0 bridgehead atoms. The summed E-state index contributed by atoms with van der Waals surface area (Å²) >= 11 is 1.54. The number of fused-ring (bicyclic) bond motifs is 1. The molecule has 3 heterocycles. The summed E-state index contributed by atoms with van der Waals surface area (Å²) in [4.78, 5) is 19.2. The summed E-state index contributed by atoms with van der Waals surface area (Å²) in [5, 5.41) is 9.67. The fourth-order valence-corrected chi connectivity index (χ4v) is 4.51. The maximum atomic E-state index is 12.3. The average molecular weight is 435 g/mol. The monoisotopic (exact) mass is 434 g/mol. The van der Waals surface area contributed by atoms with Gasteiger partial charge in [-0.15, -0.1) is 10.2 Å². The molecule has 0 aliphatic carbocycles. The Bertz CT molecular complexity index is 1230. The lowest BCUT2D eigenvalue weighted by atomic mass is 10.2. The molecule has 31 heavy (non-hydrogen) atoms. The first-order chi connectivity index (χ1) is 15.1. The second-order valence-corrected chi connectivity index (χ2v) is 8.02. The molecule has 3 aromatic heterocycles. The molecule has 4 rings (SSSR count). The summed E-state index contributed by atoms with van der Waals surface area (Å²) < 4.78 is 3.65. The number of nitrogens with zero attached hydrogens (tertiary/aromatic N) is 6. The molecule has 0 spiro atoms. The van der Waals surface area contributed by atoms with Gasteiger partial charge in [-0.3, -0.25) is 9.20 Å². The Morgan fingerprint density at radius 2 is 1.77 bits per heavy atom. The van der Waals surface area contributed by atoms with E-state index in [9.17, 15) is 4.79 Å². The van der Waals surface area contributed by atoms with Crippen molar-refractivity contribution in [2.24, 2.45) is 0 Å². The van der Waals surface area contributed by atoms with Gasteiger partial charge in [0, 0.05) is 48.9 Å². The smallest absolute Gasteiger partial charge is 0.258 e. The highest BCUT2D eigenvalue weighted by Gasteiger charge is 2.14. The van der Waals surface area contributed by atoms with Crippen LogP contribution in [0.25, 0.3) is 17.0 Å². The van der Waals surface area contributed by atoms with E-state index in [1.54, 1.807) is 28.4 Å². The Balaban J connectivity index is 1.55. The van der Waals surface area contributed by atoms with Crippen LogP contribution in [-0.2, 0) is 12.3 Å². The van der Waals surface area contributed by atoms with E-state index < -0.39 is 0 Å². The standard InChI is InChI=1S/C23H26N6OS/c1-4-27(5-2)19-12-10-17(11-13-19)22-25-26-23(28(22)6-3)31-16-18-15-21(30)29-14-8-7-9-20(29)24-18/h7-15H,4-6,16H2,1-3H3. The number of hydrogen-bond acceptors (Lipinski definition) is 6. The molecule has 1 aromatic carbocycles. The van der Waals surface area contributed by atoms with Gasteiger partial charge in [0.25, 0.3) is 5.56 Å². The number of anilines is 1. The van der Waals surface area contributed by atoms with Crippen LogP contribution < -0.4 is 10.5 Å². The zero-order valence-corrected chi connectivity index (χ0v) is 18.8. The predicted molar refractivity (Wildman–Crippen MR) is 126 cm³/mol. The highest BCUT2D eigenvalue weighted by molar-refractivity contribution is 7.98. The molecule has 0 saturated carbocycles. The fraction of sp³-hybridized carbons (Fsp3) is 0.304. The zero-order valence-electron chi connectivity index (χ0n) is 18.0. The van der Waals surface area contributed by atoms with Gasteiger partial charge in [-0.25, -0.2) is 4.98 Å². The number of aromatic nitrogens is 5. The van der Waals surface area contributed by atoms with Crippen LogP contribution in [-0.4, -0.2) is 37.2 Å². The van der Waals surface area contributed by atoms with Crippen LogP contribution in [0.15, 0.2) is 64.7 Å². The minimum Gasteiger partial charge on any atom is -0.372 e. The molecular formula is C23H26N6OS. The topological polar surface area (TPSA) is 68.3 Å². The van der Waals surface area contributed by atoms with Crippen molar-refractivity contribution in [1.82, 2.24) is 24.1 Å². The number of benzene rings is 1. The van der Waals surface area contributed by atoms with Crippen molar-refractivity contribution in [3.8, 4) is 11.4 Å². The molecule has 4 aromatic rings. The van der Waals surface area contributed by atoms with Gasteiger partial charge in [0.2, 0.25) is 0 Å². The van der Waals surface area contributed by atoms with Crippen molar-refractivity contribution in [2.75, 3.05) is 18.0 Å². The maximum Gasteiger partial charge on any atom is 0.258 e. The van der Waals surface area contributed by atoms with Crippen LogP contribution in [0.2, 0.25) is 0 Å². The minimum absolute atomic E-state index is 0.0767. The number of hydrogen-bond donors (Lipinski definition) is 0. The Morgan fingerprint density at radius 3 is 2.48 bits per heavy atom. The van der Waals surface area contributed by atoms with Crippen molar-refractivity contribution >= 4 is 23.1 Å². The van der Waals surface area contributed by atoms with Crippen molar-refractivity contribution in [3.05, 3.63) is 70.8 Å². The lowest BCUT2D eigenvalue weighted by Crippen LogP contribution is -2.21. The van der Waals surface area contributed by atoms with Crippen LogP contribution in [0.4, 0.5) is 5.69 Å². The van der Waals surface area contributed by atoms with Gasteiger partial charge < -0.3 is 9.47 Å². The third kappa shape index (κ3) is 4.34. The molecule has 0 aliphatic heterocycles. The lowest BCUT2D eigenvalue weighted by Gasteiger charge is -2.21. The van der Waals surface area contributed by atoms with Crippen LogP contribution in [0.3, 0.4) is 0 Å². The molecule has 0 atom stereocenters. The molecule has 0 fully saturated rings. The van der Waals surface area contributed by atoms with E-state index >= 15 is 0 Å². The lowest BCUT2D eigenvalue weighted by molar-refractivity contribution is 0.687. The molecule has 0 aliphatic rings. The maximum absolute atomic E-state index is 12.3. The average Bonchev–Trinajstić information content (AvgIpc) is 3.22. The van der Waals surface area contributed by atoms with E-state index in [1.807, 2.05) is 18.2 Å². The van der Waals surface area contributed by atoms with Gasteiger partial charge in [-0.1, -0.05) is 17.8 Å². The largest absolute Gasteiger partial charge is 0.372 e. The summed E-state index contributed by atoms with van der Waals surface area (Å²) in [6.45, 7) is 9.13. The Kier molecular flexibility index (Phi) is 6.36. The summed E-state index contributed by atoms with van der Waals surface area (Å²) in [5.41, 5.74) is 3.56. The third-order valence-corrected chi connectivity index (χ3v) is 6.26. The molecular weight excluding hydrogens is 408 g/mol. The summed E-state index contributed by atoms with van der Waals surface area (Å²) in [6, 6.07) is 15.6. The molecule has 0 amide bonds. The number of pyridine rings is 1. The zero-order chi connectivity index (χ0) is 21.8. The number of rotatable bonds is 8. The molecule has 0 N–H and O–H groups in total. The van der Waals surface area contributed by atoms with Crippen LogP contribution >= 0.6 is 11.8 Å². The van der Waals surface area contributed by atoms with E-state index in [4.69, 9.17) is 0 Å². The molecule has 8 heteroatoms. The molecule has 7 nitrogen and oxygen atoms in total. The van der Waals surface area contributed by atoms with E-state index in [0.29, 0.717) is 11.4 Å². The molecule has 0 radical (unpaired) electrons. The van der Waals surface area contributed by atoms with Crippen molar-refractivity contribution in [3.63, 3.8) is 0 Å². The van der Waals surface area contributed by atoms with Crippen molar-refractivity contribution < 1.29 is 0 Å². The molecule has 160 valence electrons. The first kappa shape index (κ1) is 21.1. The van der Waals surface area contributed by atoms with Crippen LogP contribution in [0.1, 0.15) is 26.5 Å². The Hall–Kier alpha value is -3.13. The van der Waals surface area contributed by atoms with E-state index in [2.05, 4.69) is 69.7 Å². The van der Waals surface area contributed by atoms with Gasteiger partial charge in [-0.05, 0) is 57.2 Å². The van der Waals surface area contributed by atoms with Gasteiger partial charge >= 0.3 is 0 Å². The SMILES string of the molecule is CCN(CC)c1ccc(-c2nnc(SCc3cc(=O)n4ccccc4n3)n2CC)cc1. The second kappa shape index (κ2) is 9.34. The van der Waals surface area contributed by atoms with E-state index in [1.165, 1.54) is 5.69 Å². The summed E-state index contributed by atoms with van der Waals surface area (Å²) in [6.07, 6.45) is 1.73. The fourth-order valence-electron chi connectivity index (χ4n) is 3.62. The highest BCUT2D eigenvalue weighted by atomic mass is 32.2. The van der Waals surface area contributed by atoms with Crippen LogP contribution in [0, 0.1) is 0 Å². The minimum atomic E-state index is -0.0767. The summed E-state index contributed by atoms with van der Waals surface area (Å²) in [5.74, 6) is 1.40.